The molecule has 0 bridgehead atoms. The topological polar surface area (TPSA) is 111 Å². The molecule has 0 unspecified atom stereocenters. The minimum atomic E-state index is -0.408. The number of carbonyl (C=O) groups is 1. The lowest BCUT2D eigenvalue weighted by atomic mass is 10.1. The molecule has 0 radical (unpaired) electrons. The van der Waals surface area contributed by atoms with E-state index in [-0.39, 0.29) is 24.0 Å². The Morgan fingerprint density at radius 1 is 1.28 bits per heavy atom. The van der Waals surface area contributed by atoms with Crippen LogP contribution < -0.4 is 16.6 Å². The van der Waals surface area contributed by atoms with Crippen LogP contribution in [-0.2, 0) is 11.2 Å². The molecule has 0 aliphatic heterocycles. The predicted octanol–water partition coefficient (Wildman–Crippen LogP) is 2.53. The molecule has 1 amide bonds. The monoisotopic (exact) mass is 422 g/mol. The van der Waals surface area contributed by atoms with Crippen LogP contribution in [0, 0.1) is 5.82 Å². The van der Waals surface area contributed by atoms with E-state index in [4.69, 9.17) is 11.6 Å². The number of benzene rings is 1. The number of rotatable bonds is 4. The zero-order chi connectivity index (χ0) is 18.0. The van der Waals surface area contributed by atoms with Crippen LogP contribution in [0.4, 0.5) is 16.2 Å². The van der Waals surface area contributed by atoms with E-state index in [1.165, 1.54) is 23.5 Å². The zero-order valence-corrected chi connectivity index (χ0v) is 15.1. The fourth-order valence-corrected chi connectivity index (χ4v) is 3.25. The summed E-state index contributed by atoms with van der Waals surface area (Å²) in [5.41, 5.74) is 9.00. The Bertz CT molecular complexity index is 903. The van der Waals surface area contributed by atoms with Crippen molar-refractivity contribution in [3.8, 4) is 11.3 Å². The largest absolute Gasteiger partial charge is 0.368 e. The Balaban J connectivity index is 1.96. The van der Waals surface area contributed by atoms with Gasteiger partial charge < -0.3 is 5.73 Å². The van der Waals surface area contributed by atoms with Gasteiger partial charge in [-0.1, -0.05) is 0 Å². The van der Waals surface area contributed by atoms with Gasteiger partial charge in [-0.15, -0.1) is 11.3 Å². The number of anilines is 2. The summed E-state index contributed by atoms with van der Waals surface area (Å²) in [7, 11) is 0. The van der Waals surface area contributed by atoms with Gasteiger partial charge in [0.15, 0.2) is 5.82 Å². The van der Waals surface area contributed by atoms with Crippen LogP contribution in [0.5, 0.6) is 0 Å². The van der Waals surface area contributed by atoms with Crippen LogP contribution >= 0.6 is 27.3 Å². The summed E-state index contributed by atoms with van der Waals surface area (Å²) in [5.74, 6) is 5.19. The smallest absolute Gasteiger partial charge is 0.248 e. The third-order valence-electron chi connectivity index (χ3n) is 3.28. The Hall–Kier alpha value is -2.43. The maximum atomic E-state index is 13.1. The summed E-state index contributed by atoms with van der Waals surface area (Å²) in [6.45, 7) is 0. The molecule has 0 spiro atoms. The van der Waals surface area contributed by atoms with Gasteiger partial charge in [0.2, 0.25) is 11.9 Å². The van der Waals surface area contributed by atoms with E-state index < -0.39 is 5.91 Å². The predicted molar refractivity (Wildman–Crippen MR) is 97.0 cm³/mol. The molecule has 2 heterocycles. The van der Waals surface area contributed by atoms with Gasteiger partial charge in [0.1, 0.15) is 5.82 Å². The zero-order valence-electron chi connectivity index (χ0n) is 12.7. The summed E-state index contributed by atoms with van der Waals surface area (Å²) < 4.78 is 13.5. The summed E-state index contributed by atoms with van der Waals surface area (Å²) in [4.78, 5) is 24.6. The van der Waals surface area contributed by atoms with E-state index in [1.54, 1.807) is 23.0 Å². The summed E-state index contributed by atoms with van der Waals surface area (Å²) >= 11 is 4.74. The lowest BCUT2D eigenvalue weighted by Crippen LogP contribution is -2.39. The summed E-state index contributed by atoms with van der Waals surface area (Å²) in [6.07, 6.45) is 0.0300. The highest BCUT2D eigenvalue weighted by molar-refractivity contribution is 9.10. The molecule has 3 aromatic rings. The van der Waals surface area contributed by atoms with Crippen molar-refractivity contribution >= 4 is 44.9 Å². The van der Waals surface area contributed by atoms with E-state index >= 15 is 0 Å². The summed E-state index contributed by atoms with van der Waals surface area (Å²) in [6, 6.07) is 5.69. The number of nitrogens with two attached hydrogens (primary N) is 2. The first-order valence-electron chi connectivity index (χ1n) is 6.99. The van der Waals surface area contributed by atoms with Gasteiger partial charge in [0.25, 0.3) is 0 Å². The van der Waals surface area contributed by atoms with Crippen LogP contribution in [0.1, 0.15) is 5.69 Å². The average Bonchev–Trinajstić information content (AvgIpc) is 3.09. The van der Waals surface area contributed by atoms with Crippen molar-refractivity contribution in [2.75, 3.05) is 10.7 Å². The highest BCUT2D eigenvalue weighted by Crippen LogP contribution is 2.33. The van der Waals surface area contributed by atoms with E-state index in [9.17, 15) is 9.18 Å². The summed E-state index contributed by atoms with van der Waals surface area (Å²) in [5, 5.41) is 2.66. The molecule has 0 atom stereocenters. The highest BCUT2D eigenvalue weighted by Gasteiger charge is 2.21. The number of halogens is 2. The van der Waals surface area contributed by atoms with Gasteiger partial charge in [0.05, 0.1) is 27.8 Å². The van der Waals surface area contributed by atoms with Gasteiger partial charge in [0, 0.05) is 10.9 Å². The Kier molecular flexibility index (Phi) is 5.02. The minimum Gasteiger partial charge on any atom is -0.368 e. The molecular formula is C15H12BrFN6OS. The molecule has 0 aliphatic carbocycles. The second-order valence-corrected chi connectivity index (χ2v) is 6.51. The Morgan fingerprint density at radius 2 is 2.00 bits per heavy atom. The number of carbonyl (C=O) groups excluding carboxylic acids is 1. The van der Waals surface area contributed by atoms with Crippen LogP contribution in [-0.4, -0.2) is 20.9 Å². The van der Waals surface area contributed by atoms with Crippen molar-refractivity contribution < 1.29 is 9.18 Å². The standard InChI is InChI=1S/C15H12BrFN6OS/c16-12-13(8-1-3-9(17)4-2-8)21-15(18)22-14(12)23(19)11(24)5-10-6-25-7-20-10/h1-4,6-7H,5,19H2,(H2,18,21,22). The van der Waals surface area contributed by atoms with Gasteiger partial charge >= 0.3 is 0 Å². The molecule has 2 aromatic heterocycles. The Labute approximate surface area is 154 Å². The van der Waals surface area contributed by atoms with Crippen molar-refractivity contribution in [1.82, 2.24) is 15.0 Å². The molecule has 7 nitrogen and oxygen atoms in total. The maximum Gasteiger partial charge on any atom is 0.248 e. The maximum absolute atomic E-state index is 13.1. The van der Waals surface area contributed by atoms with Crippen LogP contribution in [0.15, 0.2) is 39.6 Å². The van der Waals surface area contributed by atoms with Gasteiger partial charge in [-0.25, -0.2) is 25.2 Å². The number of nitrogens with zero attached hydrogens (tertiary/aromatic N) is 4. The molecule has 10 heteroatoms. The van der Waals surface area contributed by atoms with E-state index in [0.717, 1.165) is 5.01 Å². The molecule has 4 N–H and O–H groups in total. The first-order valence-corrected chi connectivity index (χ1v) is 8.73. The van der Waals surface area contributed by atoms with Crippen molar-refractivity contribution in [3.05, 3.63) is 51.1 Å². The normalized spacial score (nSPS) is 10.7. The van der Waals surface area contributed by atoms with Gasteiger partial charge in [-0.2, -0.15) is 4.98 Å². The fourth-order valence-electron chi connectivity index (χ4n) is 2.09. The highest BCUT2D eigenvalue weighted by atomic mass is 79.9. The van der Waals surface area contributed by atoms with Crippen molar-refractivity contribution in [3.63, 3.8) is 0 Å². The first kappa shape index (κ1) is 17.4. The minimum absolute atomic E-state index is 0.0300. The fraction of sp³-hybridized carbons (Fsp3) is 0.0667. The molecule has 0 saturated heterocycles. The van der Waals surface area contributed by atoms with E-state index in [0.29, 0.717) is 21.4 Å². The number of thiazole rings is 1. The lowest BCUT2D eigenvalue weighted by molar-refractivity contribution is -0.118. The van der Waals surface area contributed by atoms with Crippen molar-refractivity contribution in [1.29, 1.82) is 0 Å². The number of amides is 1. The second-order valence-electron chi connectivity index (χ2n) is 5.00. The lowest BCUT2D eigenvalue weighted by Gasteiger charge is -2.18. The van der Waals surface area contributed by atoms with Crippen LogP contribution in [0.25, 0.3) is 11.3 Å². The average molecular weight is 423 g/mol. The second kappa shape index (κ2) is 7.21. The third kappa shape index (κ3) is 3.81. The molecule has 1 aromatic carbocycles. The van der Waals surface area contributed by atoms with E-state index in [1.807, 2.05) is 0 Å². The molecule has 3 rings (SSSR count). The number of hydrogen-bond donors (Lipinski definition) is 2. The molecule has 0 fully saturated rings. The van der Waals surface area contributed by atoms with E-state index in [2.05, 4.69) is 30.9 Å². The molecule has 0 saturated carbocycles. The van der Waals surface area contributed by atoms with Crippen LogP contribution in [0.3, 0.4) is 0 Å². The SMILES string of the molecule is Nc1nc(-c2ccc(F)cc2)c(Br)c(N(N)C(=O)Cc2cscn2)n1. The van der Waals surface area contributed by atoms with Gasteiger partial charge in [-0.05, 0) is 40.2 Å². The number of aromatic nitrogens is 3. The molecule has 25 heavy (non-hydrogen) atoms. The Morgan fingerprint density at radius 3 is 2.64 bits per heavy atom. The molecular weight excluding hydrogens is 411 g/mol. The quantitative estimate of drug-likeness (QED) is 0.379. The third-order valence-corrected chi connectivity index (χ3v) is 4.65. The first-order chi connectivity index (χ1) is 12.0. The molecule has 128 valence electrons. The van der Waals surface area contributed by atoms with Crippen molar-refractivity contribution in [2.45, 2.75) is 6.42 Å². The van der Waals surface area contributed by atoms with Crippen LogP contribution in [0.2, 0.25) is 0 Å². The number of hydrogen-bond acceptors (Lipinski definition) is 7. The van der Waals surface area contributed by atoms with Gasteiger partial charge in [-0.3, -0.25) is 4.79 Å². The van der Waals surface area contributed by atoms with Crippen molar-refractivity contribution in [2.24, 2.45) is 5.84 Å². The molecule has 0 aliphatic rings. The number of hydrazine groups is 1. The number of nitrogen functional groups attached to an aromatic ring is 1.